The van der Waals surface area contributed by atoms with Gasteiger partial charge in [-0.15, -0.1) is 11.3 Å². The van der Waals surface area contributed by atoms with Crippen molar-refractivity contribution in [2.75, 3.05) is 12.4 Å². The van der Waals surface area contributed by atoms with E-state index in [1.807, 2.05) is 68.4 Å². The fraction of sp³-hybridized carbons (Fsp3) is 0.130. The van der Waals surface area contributed by atoms with Crippen LogP contribution in [0.5, 0.6) is 5.75 Å². The third-order valence-corrected chi connectivity index (χ3v) is 5.84. The zero-order valence-corrected chi connectivity index (χ0v) is 16.8. The van der Waals surface area contributed by atoms with Crippen LogP contribution in [0.1, 0.15) is 21.5 Å². The number of amides is 1. The quantitative estimate of drug-likeness (QED) is 0.478. The SMILES string of the molecule is COc1ccc(-c2nc3ccccc3s2)cc1NC(=O)c1ccc(C)c(C)c1. The highest BCUT2D eigenvalue weighted by atomic mass is 32.1. The zero-order valence-electron chi connectivity index (χ0n) is 15.9. The summed E-state index contributed by atoms with van der Waals surface area (Å²) in [5, 5.41) is 3.89. The molecule has 3 aromatic carbocycles. The summed E-state index contributed by atoms with van der Waals surface area (Å²) in [5.41, 5.74) is 5.41. The molecule has 0 aliphatic heterocycles. The van der Waals surface area contributed by atoms with Gasteiger partial charge in [0.25, 0.3) is 5.91 Å². The van der Waals surface area contributed by atoms with Crippen molar-refractivity contribution in [3.05, 3.63) is 77.4 Å². The van der Waals surface area contributed by atoms with E-state index in [0.717, 1.165) is 31.9 Å². The molecule has 0 unspecified atom stereocenters. The first-order valence-corrected chi connectivity index (χ1v) is 9.79. The Morgan fingerprint density at radius 1 is 1.00 bits per heavy atom. The van der Waals surface area contributed by atoms with E-state index in [1.165, 1.54) is 0 Å². The van der Waals surface area contributed by atoms with E-state index in [2.05, 4.69) is 11.4 Å². The molecule has 1 aromatic heterocycles. The van der Waals surface area contributed by atoms with E-state index >= 15 is 0 Å². The summed E-state index contributed by atoms with van der Waals surface area (Å²) in [7, 11) is 1.60. The van der Waals surface area contributed by atoms with Crippen molar-refractivity contribution in [3.63, 3.8) is 0 Å². The molecule has 28 heavy (non-hydrogen) atoms. The lowest BCUT2D eigenvalue weighted by atomic mass is 10.1. The van der Waals surface area contributed by atoms with Crippen LogP contribution in [-0.4, -0.2) is 18.0 Å². The van der Waals surface area contributed by atoms with Gasteiger partial charge in [0.05, 0.1) is 23.0 Å². The third-order valence-electron chi connectivity index (χ3n) is 4.76. The van der Waals surface area contributed by atoms with Gasteiger partial charge in [-0.1, -0.05) is 18.2 Å². The molecule has 0 saturated heterocycles. The van der Waals surface area contributed by atoms with Crippen LogP contribution in [0.25, 0.3) is 20.8 Å². The fourth-order valence-electron chi connectivity index (χ4n) is 3.01. The molecule has 0 atom stereocenters. The normalized spacial score (nSPS) is 10.8. The summed E-state index contributed by atoms with van der Waals surface area (Å²) < 4.78 is 6.58. The van der Waals surface area contributed by atoms with Gasteiger partial charge in [-0.05, 0) is 67.4 Å². The van der Waals surface area contributed by atoms with Crippen LogP contribution < -0.4 is 10.1 Å². The number of fused-ring (bicyclic) bond motifs is 1. The number of benzene rings is 3. The summed E-state index contributed by atoms with van der Waals surface area (Å²) in [6, 6.07) is 19.5. The predicted molar refractivity (Wildman–Crippen MR) is 115 cm³/mol. The molecular formula is C23H20N2O2S. The Hall–Kier alpha value is -3.18. The second-order valence-corrected chi connectivity index (χ2v) is 7.69. The molecule has 1 heterocycles. The van der Waals surface area contributed by atoms with Crippen LogP contribution in [0, 0.1) is 13.8 Å². The van der Waals surface area contributed by atoms with E-state index < -0.39 is 0 Å². The molecular weight excluding hydrogens is 368 g/mol. The number of nitrogens with one attached hydrogen (secondary N) is 1. The predicted octanol–water partition coefficient (Wildman–Crippen LogP) is 5.84. The minimum Gasteiger partial charge on any atom is -0.495 e. The van der Waals surface area contributed by atoms with Gasteiger partial charge in [0.2, 0.25) is 0 Å². The molecule has 0 fully saturated rings. The standard InChI is InChI=1S/C23H20N2O2S/c1-14-8-9-16(12-15(14)2)22(26)24-19-13-17(10-11-20(19)27-3)23-25-18-6-4-5-7-21(18)28-23/h4-13H,1-3H3,(H,24,26). The third kappa shape index (κ3) is 3.49. The Labute approximate surface area is 167 Å². The minimum atomic E-state index is -0.164. The molecule has 0 aliphatic rings. The van der Waals surface area contributed by atoms with Crippen molar-refractivity contribution < 1.29 is 9.53 Å². The Morgan fingerprint density at radius 2 is 1.82 bits per heavy atom. The first kappa shape index (κ1) is 18.2. The average Bonchev–Trinajstić information content (AvgIpc) is 3.14. The molecule has 140 valence electrons. The molecule has 1 N–H and O–H groups in total. The fourth-order valence-corrected chi connectivity index (χ4v) is 3.97. The van der Waals surface area contributed by atoms with Gasteiger partial charge < -0.3 is 10.1 Å². The van der Waals surface area contributed by atoms with Crippen LogP contribution in [0.15, 0.2) is 60.7 Å². The topological polar surface area (TPSA) is 51.2 Å². The number of para-hydroxylation sites is 1. The first-order valence-electron chi connectivity index (χ1n) is 8.98. The lowest BCUT2D eigenvalue weighted by molar-refractivity contribution is 0.102. The molecule has 4 nitrogen and oxygen atoms in total. The number of ether oxygens (including phenoxy) is 1. The van der Waals surface area contributed by atoms with Gasteiger partial charge in [-0.3, -0.25) is 4.79 Å². The number of carbonyl (C=O) groups excluding carboxylic acids is 1. The number of aromatic nitrogens is 1. The summed E-state index contributed by atoms with van der Waals surface area (Å²) in [6.45, 7) is 4.03. The van der Waals surface area contributed by atoms with E-state index in [4.69, 9.17) is 9.72 Å². The lowest BCUT2D eigenvalue weighted by Gasteiger charge is -2.12. The Balaban J connectivity index is 1.68. The van der Waals surface area contributed by atoms with Crippen LogP contribution in [0.3, 0.4) is 0 Å². The van der Waals surface area contributed by atoms with E-state index in [9.17, 15) is 4.79 Å². The zero-order chi connectivity index (χ0) is 19.7. The second kappa shape index (κ2) is 7.44. The van der Waals surface area contributed by atoms with Gasteiger partial charge in [0.15, 0.2) is 0 Å². The average molecular weight is 388 g/mol. The highest BCUT2D eigenvalue weighted by Crippen LogP contribution is 2.35. The number of carbonyl (C=O) groups is 1. The van der Waals surface area contributed by atoms with Crippen LogP contribution in [0.2, 0.25) is 0 Å². The van der Waals surface area contributed by atoms with Gasteiger partial charge in [-0.25, -0.2) is 4.98 Å². The van der Waals surface area contributed by atoms with Crippen LogP contribution >= 0.6 is 11.3 Å². The number of thiazole rings is 1. The van der Waals surface area contributed by atoms with Gasteiger partial charge in [-0.2, -0.15) is 0 Å². The van der Waals surface area contributed by atoms with Crippen molar-refractivity contribution in [3.8, 4) is 16.3 Å². The minimum absolute atomic E-state index is 0.164. The smallest absolute Gasteiger partial charge is 0.255 e. The van der Waals surface area contributed by atoms with Crippen molar-refractivity contribution in [1.29, 1.82) is 0 Å². The lowest BCUT2D eigenvalue weighted by Crippen LogP contribution is -2.13. The summed E-state index contributed by atoms with van der Waals surface area (Å²) >= 11 is 1.63. The maximum Gasteiger partial charge on any atom is 0.255 e. The summed E-state index contributed by atoms with van der Waals surface area (Å²) in [4.78, 5) is 17.5. The number of anilines is 1. The number of nitrogens with zero attached hydrogens (tertiary/aromatic N) is 1. The van der Waals surface area contributed by atoms with E-state index in [0.29, 0.717) is 17.0 Å². The van der Waals surface area contributed by atoms with Crippen LogP contribution in [0.4, 0.5) is 5.69 Å². The van der Waals surface area contributed by atoms with Gasteiger partial charge in [0, 0.05) is 11.1 Å². The molecule has 0 aliphatic carbocycles. The molecule has 4 rings (SSSR count). The highest BCUT2D eigenvalue weighted by Gasteiger charge is 2.14. The van der Waals surface area contributed by atoms with Gasteiger partial charge >= 0.3 is 0 Å². The number of rotatable bonds is 4. The molecule has 0 bridgehead atoms. The summed E-state index contributed by atoms with van der Waals surface area (Å²) in [5.74, 6) is 0.449. The van der Waals surface area contributed by atoms with Crippen molar-refractivity contribution in [2.45, 2.75) is 13.8 Å². The van der Waals surface area contributed by atoms with E-state index in [1.54, 1.807) is 18.4 Å². The molecule has 0 spiro atoms. The molecule has 0 radical (unpaired) electrons. The number of hydrogen-bond donors (Lipinski definition) is 1. The Bertz CT molecular complexity index is 1150. The number of aryl methyl sites for hydroxylation is 2. The van der Waals surface area contributed by atoms with E-state index in [-0.39, 0.29) is 5.91 Å². The molecule has 4 aromatic rings. The largest absolute Gasteiger partial charge is 0.495 e. The second-order valence-electron chi connectivity index (χ2n) is 6.65. The Kier molecular flexibility index (Phi) is 4.84. The summed E-state index contributed by atoms with van der Waals surface area (Å²) in [6.07, 6.45) is 0. The maximum absolute atomic E-state index is 12.8. The Morgan fingerprint density at radius 3 is 2.57 bits per heavy atom. The molecule has 1 amide bonds. The number of hydrogen-bond acceptors (Lipinski definition) is 4. The van der Waals surface area contributed by atoms with Crippen molar-refractivity contribution >= 4 is 33.1 Å². The highest BCUT2D eigenvalue weighted by molar-refractivity contribution is 7.21. The first-order chi connectivity index (χ1) is 13.5. The van der Waals surface area contributed by atoms with Crippen molar-refractivity contribution in [1.82, 2.24) is 4.98 Å². The van der Waals surface area contributed by atoms with Gasteiger partial charge in [0.1, 0.15) is 10.8 Å². The van der Waals surface area contributed by atoms with Crippen LogP contribution in [-0.2, 0) is 0 Å². The monoisotopic (exact) mass is 388 g/mol. The molecule has 5 heteroatoms. The number of methoxy groups -OCH3 is 1. The maximum atomic E-state index is 12.8. The van der Waals surface area contributed by atoms with Crippen molar-refractivity contribution in [2.24, 2.45) is 0 Å². The molecule has 0 saturated carbocycles.